The van der Waals surface area contributed by atoms with E-state index in [1.165, 1.54) is 35.0 Å². The molecular weight excluding hydrogens is 374 g/mol. The number of benzene rings is 2. The molecule has 0 spiro atoms. The molecule has 3 amide bonds. The number of carbonyl (C=O) groups excluding carboxylic acids is 3. The average Bonchev–Trinajstić information content (AvgIpc) is 2.69. The van der Waals surface area contributed by atoms with Gasteiger partial charge in [-0.05, 0) is 50.2 Å². The lowest BCUT2D eigenvalue weighted by molar-refractivity contribution is -0.135. The molecule has 0 aromatic heterocycles. The van der Waals surface area contributed by atoms with Crippen LogP contribution in [0.25, 0.3) is 0 Å². The number of hydrogen-bond acceptors (Lipinski definition) is 5. The highest BCUT2D eigenvalue weighted by Gasteiger charge is 2.36. The van der Waals surface area contributed by atoms with Crippen LogP contribution in [-0.4, -0.2) is 31.9 Å². The number of nitrogens with one attached hydrogen (secondary N) is 3. The van der Waals surface area contributed by atoms with Crippen LogP contribution in [0.15, 0.2) is 42.5 Å². The second-order valence-electron chi connectivity index (χ2n) is 6.86. The number of hydrogen-bond donors (Lipinski definition) is 3. The molecule has 0 heterocycles. The second kappa shape index (κ2) is 9.09. The van der Waals surface area contributed by atoms with Crippen molar-refractivity contribution in [2.45, 2.75) is 20.8 Å². The molecule has 29 heavy (non-hydrogen) atoms. The molecule has 0 atom stereocenters. The zero-order valence-electron chi connectivity index (χ0n) is 17.1. The summed E-state index contributed by atoms with van der Waals surface area (Å²) >= 11 is 0. The SMILES string of the molecule is COc1ccc(NC(=O)C(C)(C)C(=O)Nc2ccc(NC(C)=O)cc2)c(OC)c1. The molecule has 8 nitrogen and oxygen atoms in total. The predicted octanol–water partition coefficient (Wildman–Crippen LogP) is 3.27. The van der Waals surface area contributed by atoms with Crippen molar-refractivity contribution in [1.82, 2.24) is 0 Å². The van der Waals surface area contributed by atoms with Crippen LogP contribution in [0.2, 0.25) is 0 Å². The first-order chi connectivity index (χ1) is 13.7. The number of amides is 3. The van der Waals surface area contributed by atoms with Crippen LogP contribution in [-0.2, 0) is 14.4 Å². The fourth-order valence-electron chi connectivity index (χ4n) is 2.41. The van der Waals surface area contributed by atoms with Crippen molar-refractivity contribution in [2.24, 2.45) is 5.41 Å². The van der Waals surface area contributed by atoms with Crippen molar-refractivity contribution < 1.29 is 23.9 Å². The molecule has 0 saturated heterocycles. The summed E-state index contributed by atoms with van der Waals surface area (Å²) in [4.78, 5) is 36.5. The summed E-state index contributed by atoms with van der Waals surface area (Å²) in [7, 11) is 3.01. The zero-order chi connectivity index (χ0) is 21.6. The van der Waals surface area contributed by atoms with E-state index in [2.05, 4.69) is 16.0 Å². The summed E-state index contributed by atoms with van der Waals surface area (Å²) in [6.45, 7) is 4.47. The van der Waals surface area contributed by atoms with Crippen LogP contribution in [0.3, 0.4) is 0 Å². The van der Waals surface area contributed by atoms with Crippen molar-refractivity contribution in [3.63, 3.8) is 0 Å². The Morgan fingerprint density at radius 2 is 1.34 bits per heavy atom. The molecule has 2 aromatic rings. The van der Waals surface area contributed by atoms with E-state index in [1.54, 1.807) is 42.5 Å². The van der Waals surface area contributed by atoms with Gasteiger partial charge in [0.05, 0.1) is 19.9 Å². The normalized spacial score (nSPS) is 10.7. The Labute approximate surface area is 169 Å². The molecule has 2 rings (SSSR count). The topological polar surface area (TPSA) is 106 Å². The molecule has 0 aliphatic heterocycles. The zero-order valence-corrected chi connectivity index (χ0v) is 17.1. The number of ether oxygens (including phenoxy) is 2. The van der Waals surface area contributed by atoms with E-state index in [0.717, 1.165) is 0 Å². The molecule has 0 unspecified atom stereocenters. The monoisotopic (exact) mass is 399 g/mol. The Hall–Kier alpha value is -3.55. The van der Waals surface area contributed by atoms with Gasteiger partial charge in [0.2, 0.25) is 17.7 Å². The molecule has 8 heteroatoms. The molecule has 2 aromatic carbocycles. The van der Waals surface area contributed by atoms with Crippen molar-refractivity contribution in [3.05, 3.63) is 42.5 Å². The first kappa shape index (κ1) is 21.7. The first-order valence-corrected chi connectivity index (χ1v) is 8.90. The van der Waals surface area contributed by atoms with Crippen molar-refractivity contribution in [1.29, 1.82) is 0 Å². The standard InChI is InChI=1S/C21H25N3O5/c1-13(25)22-14-6-8-15(9-7-14)23-19(26)21(2,3)20(27)24-17-11-10-16(28-4)12-18(17)29-5/h6-12H,1-5H3,(H,22,25)(H,23,26)(H,24,27). The number of rotatable bonds is 7. The minimum absolute atomic E-state index is 0.187. The average molecular weight is 399 g/mol. The molecule has 0 bridgehead atoms. The maximum Gasteiger partial charge on any atom is 0.239 e. The van der Waals surface area contributed by atoms with Gasteiger partial charge in [0.1, 0.15) is 16.9 Å². The van der Waals surface area contributed by atoms with E-state index in [1.807, 2.05) is 0 Å². The van der Waals surface area contributed by atoms with Gasteiger partial charge in [-0.2, -0.15) is 0 Å². The quantitative estimate of drug-likeness (QED) is 0.620. The van der Waals surface area contributed by atoms with Gasteiger partial charge in [-0.15, -0.1) is 0 Å². The second-order valence-corrected chi connectivity index (χ2v) is 6.86. The molecule has 0 aliphatic rings. The van der Waals surface area contributed by atoms with Crippen molar-refractivity contribution in [2.75, 3.05) is 30.2 Å². The minimum Gasteiger partial charge on any atom is -0.497 e. The fourth-order valence-corrected chi connectivity index (χ4v) is 2.41. The summed E-state index contributed by atoms with van der Waals surface area (Å²) in [5, 5.41) is 8.08. The van der Waals surface area contributed by atoms with Gasteiger partial charge in [0, 0.05) is 24.4 Å². The Balaban J connectivity index is 2.09. The lowest BCUT2D eigenvalue weighted by Crippen LogP contribution is -2.41. The highest BCUT2D eigenvalue weighted by atomic mass is 16.5. The van der Waals surface area contributed by atoms with Gasteiger partial charge in [0.25, 0.3) is 0 Å². The first-order valence-electron chi connectivity index (χ1n) is 8.90. The largest absolute Gasteiger partial charge is 0.497 e. The molecule has 0 aliphatic carbocycles. The summed E-state index contributed by atoms with van der Waals surface area (Å²) in [5.74, 6) is -0.154. The van der Waals surface area contributed by atoms with Crippen molar-refractivity contribution in [3.8, 4) is 11.5 Å². The highest BCUT2D eigenvalue weighted by Crippen LogP contribution is 2.31. The van der Waals surface area contributed by atoms with Gasteiger partial charge in [-0.1, -0.05) is 0 Å². The molecule has 0 radical (unpaired) electrons. The third-order valence-corrected chi connectivity index (χ3v) is 4.26. The molecule has 0 saturated carbocycles. The smallest absolute Gasteiger partial charge is 0.239 e. The summed E-state index contributed by atoms with van der Waals surface area (Å²) in [6.07, 6.45) is 0. The molecular formula is C21H25N3O5. The highest BCUT2D eigenvalue weighted by molar-refractivity contribution is 6.14. The maximum absolute atomic E-state index is 12.8. The van der Waals surface area contributed by atoms with Crippen LogP contribution in [0.5, 0.6) is 11.5 Å². The van der Waals surface area contributed by atoms with E-state index in [0.29, 0.717) is 28.6 Å². The van der Waals surface area contributed by atoms with Gasteiger partial charge in [-0.25, -0.2) is 0 Å². The molecule has 3 N–H and O–H groups in total. The lowest BCUT2D eigenvalue weighted by atomic mass is 9.90. The Morgan fingerprint density at radius 1 is 0.793 bits per heavy atom. The van der Waals surface area contributed by atoms with Gasteiger partial charge < -0.3 is 25.4 Å². The van der Waals surface area contributed by atoms with Crippen LogP contribution in [0.1, 0.15) is 20.8 Å². The van der Waals surface area contributed by atoms with E-state index >= 15 is 0 Å². The van der Waals surface area contributed by atoms with Crippen LogP contribution >= 0.6 is 0 Å². The van der Waals surface area contributed by atoms with Gasteiger partial charge in [-0.3, -0.25) is 14.4 Å². The molecule has 0 fully saturated rings. The Bertz CT molecular complexity index is 907. The van der Waals surface area contributed by atoms with Crippen molar-refractivity contribution >= 4 is 34.8 Å². The predicted molar refractivity (Wildman–Crippen MR) is 111 cm³/mol. The third kappa shape index (κ3) is 5.47. The van der Waals surface area contributed by atoms with E-state index in [4.69, 9.17) is 9.47 Å². The summed E-state index contributed by atoms with van der Waals surface area (Å²) in [6, 6.07) is 11.6. The van der Waals surface area contributed by atoms with E-state index in [9.17, 15) is 14.4 Å². The van der Waals surface area contributed by atoms with Crippen LogP contribution < -0.4 is 25.4 Å². The van der Waals surface area contributed by atoms with Gasteiger partial charge in [0.15, 0.2) is 0 Å². The maximum atomic E-state index is 12.8. The number of carbonyl (C=O) groups is 3. The fraction of sp³-hybridized carbons (Fsp3) is 0.286. The third-order valence-electron chi connectivity index (χ3n) is 4.26. The van der Waals surface area contributed by atoms with Gasteiger partial charge >= 0.3 is 0 Å². The van der Waals surface area contributed by atoms with Crippen LogP contribution in [0, 0.1) is 5.41 Å². The Kier molecular flexibility index (Phi) is 6.82. The molecule has 154 valence electrons. The van der Waals surface area contributed by atoms with Crippen LogP contribution in [0.4, 0.5) is 17.1 Å². The number of methoxy groups -OCH3 is 2. The minimum atomic E-state index is -1.36. The Morgan fingerprint density at radius 3 is 1.86 bits per heavy atom. The van der Waals surface area contributed by atoms with E-state index < -0.39 is 17.2 Å². The summed E-state index contributed by atoms with van der Waals surface area (Å²) < 4.78 is 10.4. The number of anilines is 3. The van der Waals surface area contributed by atoms with E-state index in [-0.39, 0.29) is 5.91 Å². The summed E-state index contributed by atoms with van der Waals surface area (Å²) in [5.41, 5.74) is 0.186. The lowest BCUT2D eigenvalue weighted by Gasteiger charge is -2.23.